The lowest BCUT2D eigenvalue weighted by Gasteiger charge is -2.11. The standard InChI is InChI=1S/C13H10BrFN2S/c14-11-6-9(3-4-12(11)15)13(7-16)17-8-10-2-1-5-18-10/h1-6,13,17H,8H2. The maximum Gasteiger partial charge on any atom is 0.137 e. The topological polar surface area (TPSA) is 35.8 Å². The van der Waals surface area contributed by atoms with Gasteiger partial charge in [-0.1, -0.05) is 12.1 Å². The Labute approximate surface area is 117 Å². The summed E-state index contributed by atoms with van der Waals surface area (Å²) in [7, 11) is 0. The molecule has 0 aliphatic rings. The van der Waals surface area contributed by atoms with Crippen LogP contribution in [0.3, 0.4) is 0 Å². The summed E-state index contributed by atoms with van der Waals surface area (Å²) in [4.78, 5) is 1.16. The lowest BCUT2D eigenvalue weighted by Crippen LogP contribution is -2.18. The molecule has 2 aromatic rings. The van der Waals surface area contributed by atoms with Gasteiger partial charge in [-0.15, -0.1) is 11.3 Å². The fraction of sp³-hybridized carbons (Fsp3) is 0.154. The van der Waals surface area contributed by atoms with Gasteiger partial charge in [-0.2, -0.15) is 5.26 Å². The summed E-state index contributed by atoms with van der Waals surface area (Å²) in [5, 5.41) is 14.3. The minimum Gasteiger partial charge on any atom is -0.293 e. The van der Waals surface area contributed by atoms with Crippen molar-refractivity contribution in [1.29, 1.82) is 5.26 Å². The van der Waals surface area contributed by atoms with E-state index in [9.17, 15) is 4.39 Å². The summed E-state index contributed by atoms with van der Waals surface area (Å²) in [5.74, 6) is -0.325. The lowest BCUT2D eigenvalue weighted by atomic mass is 10.1. The fourth-order valence-corrected chi connectivity index (χ4v) is 2.60. The van der Waals surface area contributed by atoms with Crippen LogP contribution >= 0.6 is 27.3 Å². The Kier molecular flexibility index (Phi) is 4.48. The SMILES string of the molecule is N#CC(NCc1cccs1)c1ccc(F)c(Br)c1. The maximum absolute atomic E-state index is 13.1. The fourth-order valence-electron chi connectivity index (χ4n) is 1.55. The van der Waals surface area contributed by atoms with Crippen molar-refractivity contribution in [2.45, 2.75) is 12.6 Å². The van der Waals surface area contributed by atoms with Gasteiger partial charge in [-0.3, -0.25) is 5.32 Å². The van der Waals surface area contributed by atoms with E-state index < -0.39 is 6.04 Å². The van der Waals surface area contributed by atoms with Crippen LogP contribution in [-0.2, 0) is 6.54 Å². The highest BCUT2D eigenvalue weighted by atomic mass is 79.9. The summed E-state index contributed by atoms with van der Waals surface area (Å²) in [5.41, 5.74) is 0.752. The molecule has 0 saturated carbocycles. The first-order chi connectivity index (χ1) is 8.70. The Hall–Kier alpha value is -1.22. The molecule has 0 radical (unpaired) electrons. The predicted molar refractivity (Wildman–Crippen MR) is 73.6 cm³/mol. The van der Waals surface area contributed by atoms with Gasteiger partial charge in [0.2, 0.25) is 0 Å². The molecule has 0 aliphatic carbocycles. The average molecular weight is 325 g/mol. The molecule has 18 heavy (non-hydrogen) atoms. The molecule has 5 heteroatoms. The molecule has 1 unspecified atom stereocenters. The largest absolute Gasteiger partial charge is 0.293 e. The van der Waals surface area contributed by atoms with E-state index in [1.54, 1.807) is 23.5 Å². The monoisotopic (exact) mass is 324 g/mol. The van der Waals surface area contributed by atoms with E-state index in [1.165, 1.54) is 6.07 Å². The van der Waals surface area contributed by atoms with Gasteiger partial charge in [0, 0.05) is 11.4 Å². The van der Waals surface area contributed by atoms with Gasteiger partial charge < -0.3 is 0 Å². The summed E-state index contributed by atoms with van der Waals surface area (Å²) >= 11 is 4.76. The smallest absolute Gasteiger partial charge is 0.137 e. The molecule has 0 aliphatic heterocycles. The predicted octanol–water partition coefficient (Wildman–Crippen LogP) is 4.00. The van der Waals surface area contributed by atoms with Gasteiger partial charge in [-0.05, 0) is 45.1 Å². The minimum absolute atomic E-state index is 0.325. The van der Waals surface area contributed by atoms with E-state index in [1.807, 2.05) is 17.5 Å². The molecule has 2 nitrogen and oxygen atoms in total. The molecule has 1 N–H and O–H groups in total. The minimum atomic E-state index is -0.441. The summed E-state index contributed by atoms with van der Waals surface area (Å²) in [6, 6.07) is 10.3. The summed E-state index contributed by atoms with van der Waals surface area (Å²) in [6.45, 7) is 0.630. The van der Waals surface area contributed by atoms with E-state index in [0.717, 1.165) is 10.4 Å². The van der Waals surface area contributed by atoms with E-state index in [-0.39, 0.29) is 5.82 Å². The van der Waals surface area contributed by atoms with Gasteiger partial charge in [0.1, 0.15) is 11.9 Å². The zero-order valence-electron chi connectivity index (χ0n) is 9.36. The second-order valence-corrected chi connectivity index (χ2v) is 5.58. The van der Waals surface area contributed by atoms with Crippen molar-refractivity contribution in [1.82, 2.24) is 5.32 Å². The van der Waals surface area contributed by atoms with Crippen LogP contribution in [0.5, 0.6) is 0 Å². The van der Waals surface area contributed by atoms with E-state index >= 15 is 0 Å². The van der Waals surface area contributed by atoms with Crippen LogP contribution in [0.25, 0.3) is 0 Å². The molecule has 92 valence electrons. The van der Waals surface area contributed by atoms with Crippen LogP contribution in [0.1, 0.15) is 16.5 Å². The second-order valence-electron chi connectivity index (χ2n) is 3.70. The zero-order valence-corrected chi connectivity index (χ0v) is 11.8. The number of hydrogen-bond donors (Lipinski definition) is 1. The van der Waals surface area contributed by atoms with Crippen LogP contribution in [0.2, 0.25) is 0 Å². The number of nitriles is 1. The molecular formula is C13H10BrFN2S. The van der Waals surface area contributed by atoms with Crippen LogP contribution in [-0.4, -0.2) is 0 Å². The normalized spacial score (nSPS) is 12.1. The van der Waals surface area contributed by atoms with Crippen LogP contribution in [0, 0.1) is 17.1 Å². The molecule has 1 aromatic heterocycles. The Bertz CT molecular complexity index is 563. The van der Waals surface area contributed by atoms with Crippen molar-refractivity contribution >= 4 is 27.3 Å². The van der Waals surface area contributed by atoms with Crippen molar-refractivity contribution in [3.8, 4) is 6.07 Å². The first kappa shape index (κ1) is 13.2. The first-order valence-electron chi connectivity index (χ1n) is 5.31. The Morgan fingerprint density at radius 3 is 2.89 bits per heavy atom. The molecule has 0 bridgehead atoms. The molecule has 2 rings (SSSR count). The summed E-state index contributed by atoms with van der Waals surface area (Å²) < 4.78 is 13.5. The van der Waals surface area contributed by atoms with Gasteiger partial charge >= 0.3 is 0 Å². The van der Waals surface area contributed by atoms with E-state index in [2.05, 4.69) is 27.3 Å². The first-order valence-corrected chi connectivity index (χ1v) is 6.98. The van der Waals surface area contributed by atoms with Gasteiger partial charge in [0.05, 0.1) is 10.5 Å². The molecular weight excluding hydrogens is 315 g/mol. The maximum atomic E-state index is 13.1. The molecule has 1 aromatic carbocycles. The third-order valence-corrected chi connectivity index (χ3v) is 3.95. The summed E-state index contributed by atoms with van der Waals surface area (Å²) in [6.07, 6.45) is 0. The number of halogens is 2. The number of nitrogens with one attached hydrogen (secondary N) is 1. The molecule has 0 fully saturated rings. The van der Waals surface area contributed by atoms with Crippen molar-refractivity contribution in [3.05, 3.63) is 56.4 Å². The molecule has 0 saturated heterocycles. The number of nitrogens with zero attached hydrogens (tertiary/aromatic N) is 1. The van der Waals surface area contributed by atoms with Gasteiger partial charge in [0.15, 0.2) is 0 Å². The molecule has 0 amide bonds. The Morgan fingerprint density at radius 2 is 2.28 bits per heavy atom. The number of rotatable bonds is 4. The molecule has 1 heterocycles. The lowest BCUT2D eigenvalue weighted by molar-refractivity contribution is 0.610. The third kappa shape index (κ3) is 3.16. The molecule has 0 spiro atoms. The number of benzene rings is 1. The van der Waals surface area contributed by atoms with E-state index in [0.29, 0.717) is 11.0 Å². The van der Waals surface area contributed by atoms with Crippen molar-refractivity contribution < 1.29 is 4.39 Å². The van der Waals surface area contributed by atoms with E-state index in [4.69, 9.17) is 5.26 Å². The van der Waals surface area contributed by atoms with Crippen molar-refractivity contribution in [2.24, 2.45) is 0 Å². The second kappa shape index (κ2) is 6.10. The Morgan fingerprint density at radius 1 is 1.44 bits per heavy atom. The van der Waals surface area contributed by atoms with Crippen LogP contribution in [0.15, 0.2) is 40.2 Å². The number of hydrogen-bond acceptors (Lipinski definition) is 3. The average Bonchev–Trinajstić information content (AvgIpc) is 2.87. The highest BCUT2D eigenvalue weighted by Gasteiger charge is 2.11. The molecule has 1 atom stereocenters. The number of thiophene rings is 1. The van der Waals surface area contributed by atoms with Gasteiger partial charge in [0.25, 0.3) is 0 Å². The van der Waals surface area contributed by atoms with Crippen molar-refractivity contribution in [3.63, 3.8) is 0 Å². The Balaban J connectivity index is 2.08. The van der Waals surface area contributed by atoms with Gasteiger partial charge in [-0.25, -0.2) is 4.39 Å². The highest BCUT2D eigenvalue weighted by Crippen LogP contribution is 2.21. The van der Waals surface area contributed by atoms with Crippen LogP contribution in [0.4, 0.5) is 4.39 Å². The zero-order chi connectivity index (χ0) is 13.0. The van der Waals surface area contributed by atoms with Crippen LogP contribution < -0.4 is 5.32 Å². The van der Waals surface area contributed by atoms with Crippen molar-refractivity contribution in [2.75, 3.05) is 0 Å². The highest BCUT2D eigenvalue weighted by molar-refractivity contribution is 9.10. The quantitative estimate of drug-likeness (QED) is 0.922. The third-order valence-electron chi connectivity index (χ3n) is 2.47.